The van der Waals surface area contributed by atoms with Crippen LogP contribution in [0.3, 0.4) is 0 Å². The molecule has 0 radical (unpaired) electrons. The number of benzene rings is 2. The molecule has 2 aromatic heterocycles. The summed E-state index contributed by atoms with van der Waals surface area (Å²) < 4.78 is 0. The lowest BCUT2D eigenvalue weighted by Gasteiger charge is -2.09. The molecule has 2 aromatic carbocycles. The number of aromatic nitrogens is 4. The van der Waals surface area contributed by atoms with Crippen LogP contribution in [0.5, 0.6) is 0 Å². The van der Waals surface area contributed by atoms with Gasteiger partial charge in [0.15, 0.2) is 6.10 Å². The highest BCUT2D eigenvalue weighted by atomic mass is 32.2. The van der Waals surface area contributed by atoms with Crippen molar-refractivity contribution in [2.45, 2.75) is 32.8 Å². The fourth-order valence-electron chi connectivity index (χ4n) is 3.14. The minimum absolute atomic E-state index is 0. The minimum Gasteiger partial charge on any atom is -0.378 e. The van der Waals surface area contributed by atoms with Gasteiger partial charge in [0.25, 0.3) is 5.91 Å². The summed E-state index contributed by atoms with van der Waals surface area (Å²) in [4.78, 5) is 24.4. The Morgan fingerprint density at radius 1 is 0.811 bits per heavy atom. The van der Waals surface area contributed by atoms with E-state index in [1.165, 1.54) is 22.7 Å². The molecule has 0 spiro atoms. The van der Waals surface area contributed by atoms with Gasteiger partial charge in [-0.3, -0.25) is 14.9 Å². The number of thioether (sulfide) groups is 1. The Kier molecular flexibility index (Phi) is 11.1. The second-order valence-electron chi connectivity index (χ2n) is 7.63. The van der Waals surface area contributed by atoms with Gasteiger partial charge in [0.05, 0.1) is 6.42 Å². The molecular weight excluding hydrogens is 529 g/mol. The van der Waals surface area contributed by atoms with Crippen LogP contribution in [0.15, 0.2) is 60.7 Å². The zero-order valence-electron chi connectivity index (χ0n) is 19.2. The van der Waals surface area contributed by atoms with Gasteiger partial charge in [-0.1, -0.05) is 90.8 Å². The summed E-state index contributed by atoms with van der Waals surface area (Å²) in [6, 6.07) is 18.3. The molecule has 0 aliphatic carbocycles. The predicted octanol–water partition coefficient (Wildman–Crippen LogP) is 4.40. The lowest BCUT2D eigenvalue weighted by molar-refractivity contribution is -0.124. The zero-order valence-corrected chi connectivity index (χ0v) is 21.6. The number of amides is 2. The lowest BCUT2D eigenvalue weighted by Crippen LogP contribution is -2.20. The molecule has 0 aliphatic rings. The van der Waals surface area contributed by atoms with Crippen LogP contribution in [0.4, 0.5) is 10.3 Å². The van der Waals surface area contributed by atoms with E-state index in [9.17, 15) is 14.7 Å². The summed E-state index contributed by atoms with van der Waals surface area (Å²) in [5.74, 6) is 1.05. The summed E-state index contributed by atoms with van der Waals surface area (Å²) >= 11 is 4.44. The number of nitrogens with one attached hydrogen (secondary N) is 2. The number of aryl methyl sites for hydroxylation is 2. The highest BCUT2D eigenvalue weighted by molar-refractivity contribution is 7.99. The average molecular weight is 557 g/mol. The van der Waals surface area contributed by atoms with E-state index in [0.717, 1.165) is 39.9 Å². The maximum Gasteiger partial charge on any atom is 0.259 e. The van der Waals surface area contributed by atoms with Crippen molar-refractivity contribution in [1.82, 2.24) is 20.4 Å². The fraction of sp³-hybridized carbons (Fsp3) is 0.280. The second-order valence-corrected chi connectivity index (χ2v) is 11.0. The van der Waals surface area contributed by atoms with Gasteiger partial charge in [-0.05, 0) is 22.6 Å². The van der Waals surface area contributed by atoms with Gasteiger partial charge in [-0.15, -0.1) is 20.4 Å². The fourth-order valence-corrected chi connectivity index (χ4v) is 5.77. The van der Waals surface area contributed by atoms with Crippen LogP contribution in [0.1, 0.15) is 34.7 Å². The number of hydrogen-bond donors (Lipinski definition) is 3. The van der Waals surface area contributed by atoms with Crippen LogP contribution in [0.25, 0.3) is 0 Å². The summed E-state index contributed by atoms with van der Waals surface area (Å²) in [6.45, 7) is 0. The van der Waals surface area contributed by atoms with Crippen molar-refractivity contribution in [3.63, 3.8) is 0 Å². The maximum absolute atomic E-state index is 12.2. The normalized spacial score (nSPS) is 11.4. The smallest absolute Gasteiger partial charge is 0.259 e. The molecule has 2 amide bonds. The Balaban J connectivity index is 0.00000380. The molecule has 9 nitrogen and oxygen atoms in total. The molecule has 1 unspecified atom stereocenters. The number of nitrogens with zero attached hydrogens (tertiary/aromatic N) is 4. The zero-order chi connectivity index (χ0) is 25.2. The number of rotatable bonds is 12. The number of carbonyl (C=O) groups is 2. The van der Waals surface area contributed by atoms with Crippen molar-refractivity contribution in [2.24, 2.45) is 0 Å². The third-order valence-electron chi connectivity index (χ3n) is 4.90. The van der Waals surface area contributed by atoms with Crippen LogP contribution >= 0.6 is 34.4 Å². The number of aliphatic hydroxyl groups excluding tert-OH is 1. The maximum atomic E-state index is 12.2. The second kappa shape index (κ2) is 14.5. The summed E-state index contributed by atoms with van der Waals surface area (Å²) in [6.07, 6.45) is 0.519. The molecule has 12 heteroatoms. The summed E-state index contributed by atoms with van der Waals surface area (Å²) in [5, 5.41) is 34.5. The SMILES string of the molecule is C.O=C(Cc1ccccc1)Nc1nnc(CCSCCc2nnc(NC(=O)C(O)c3ccccc3)s2)s1. The first-order chi connectivity index (χ1) is 17.6. The van der Waals surface area contributed by atoms with Gasteiger partial charge < -0.3 is 10.4 Å². The van der Waals surface area contributed by atoms with Crippen LogP contribution < -0.4 is 10.6 Å². The molecule has 1 atom stereocenters. The number of carbonyl (C=O) groups excluding carboxylic acids is 2. The van der Waals surface area contributed by atoms with E-state index in [1.807, 2.05) is 36.4 Å². The summed E-state index contributed by atoms with van der Waals surface area (Å²) in [5.41, 5.74) is 1.47. The molecule has 0 aliphatic heterocycles. The lowest BCUT2D eigenvalue weighted by atomic mass is 10.1. The average Bonchev–Trinajstić information content (AvgIpc) is 3.53. The first-order valence-electron chi connectivity index (χ1n) is 11.2. The topological polar surface area (TPSA) is 130 Å². The molecule has 37 heavy (non-hydrogen) atoms. The molecule has 0 fully saturated rings. The van der Waals surface area contributed by atoms with Crippen molar-refractivity contribution in [2.75, 3.05) is 22.1 Å². The van der Waals surface area contributed by atoms with Gasteiger partial charge in [-0.25, -0.2) is 0 Å². The standard InChI is InChI=1S/C24H24N6O3S3.CH4/c31-18(15-16-7-3-1-4-8-16)25-23-29-27-19(35-23)11-13-34-14-12-20-28-30-24(36-20)26-22(33)21(32)17-9-5-2-6-10-17;/h1-10,21,32H,11-15H2,(H,25,29,31)(H,26,30,33);1H4. The van der Waals surface area contributed by atoms with Crippen LogP contribution in [-0.2, 0) is 28.9 Å². The van der Waals surface area contributed by atoms with Crippen molar-refractivity contribution in [3.8, 4) is 0 Å². The predicted molar refractivity (Wildman–Crippen MR) is 150 cm³/mol. The van der Waals surface area contributed by atoms with Crippen molar-refractivity contribution < 1.29 is 14.7 Å². The monoisotopic (exact) mass is 556 g/mol. The quantitative estimate of drug-likeness (QED) is 0.219. The van der Waals surface area contributed by atoms with Gasteiger partial charge >= 0.3 is 0 Å². The van der Waals surface area contributed by atoms with Crippen LogP contribution in [-0.4, -0.2) is 48.8 Å². The van der Waals surface area contributed by atoms with E-state index in [-0.39, 0.29) is 13.3 Å². The molecule has 3 N–H and O–H groups in total. The molecule has 4 rings (SSSR count). The molecule has 194 valence electrons. The van der Waals surface area contributed by atoms with Gasteiger partial charge in [-0.2, -0.15) is 11.8 Å². The Labute approximate surface area is 227 Å². The van der Waals surface area contributed by atoms with Crippen molar-refractivity contribution >= 4 is 56.5 Å². The molecular formula is C25H28N6O3S3. The van der Waals surface area contributed by atoms with Crippen LogP contribution in [0.2, 0.25) is 0 Å². The third kappa shape index (κ3) is 9.01. The molecule has 0 bridgehead atoms. The van der Waals surface area contributed by atoms with E-state index < -0.39 is 12.0 Å². The first kappa shape index (κ1) is 28.4. The van der Waals surface area contributed by atoms with Crippen molar-refractivity contribution in [1.29, 1.82) is 0 Å². The number of anilines is 2. The van der Waals surface area contributed by atoms with Gasteiger partial charge in [0, 0.05) is 12.8 Å². The van der Waals surface area contributed by atoms with Gasteiger partial charge in [0.1, 0.15) is 10.0 Å². The first-order valence-corrected chi connectivity index (χ1v) is 14.0. The summed E-state index contributed by atoms with van der Waals surface area (Å²) in [7, 11) is 0. The molecule has 4 aromatic rings. The van der Waals surface area contributed by atoms with E-state index >= 15 is 0 Å². The van der Waals surface area contributed by atoms with E-state index in [2.05, 4.69) is 31.0 Å². The Hall–Kier alpha value is -3.19. The van der Waals surface area contributed by atoms with Crippen LogP contribution in [0, 0.1) is 0 Å². The number of aliphatic hydroxyl groups is 1. The molecule has 0 saturated carbocycles. The third-order valence-corrected chi connectivity index (χ3v) is 7.68. The Morgan fingerprint density at radius 2 is 1.35 bits per heavy atom. The largest absolute Gasteiger partial charge is 0.378 e. The Bertz CT molecular complexity index is 1270. The van der Waals surface area contributed by atoms with Crippen molar-refractivity contribution in [3.05, 3.63) is 81.8 Å². The van der Waals surface area contributed by atoms with E-state index in [4.69, 9.17) is 0 Å². The minimum atomic E-state index is -1.26. The highest BCUT2D eigenvalue weighted by Gasteiger charge is 2.18. The van der Waals surface area contributed by atoms with Gasteiger partial charge in [0.2, 0.25) is 16.2 Å². The molecule has 0 saturated heterocycles. The number of hydrogen-bond acceptors (Lipinski definition) is 10. The van der Waals surface area contributed by atoms with E-state index in [1.54, 1.807) is 36.0 Å². The Morgan fingerprint density at radius 3 is 1.95 bits per heavy atom. The highest BCUT2D eigenvalue weighted by Crippen LogP contribution is 2.21. The molecule has 2 heterocycles. The van der Waals surface area contributed by atoms with E-state index in [0.29, 0.717) is 22.2 Å².